The minimum Gasteiger partial charge on any atom is -0.459 e. The molecule has 1 aromatic rings. The molecule has 0 aromatic carbocycles. The van der Waals surface area contributed by atoms with E-state index in [9.17, 15) is 13.2 Å². The Morgan fingerprint density at radius 3 is 2.58 bits per heavy atom. The van der Waals surface area contributed by atoms with E-state index in [0.29, 0.717) is 6.42 Å². The third-order valence-electron chi connectivity index (χ3n) is 3.19. The number of amides is 1. The van der Waals surface area contributed by atoms with Crippen LogP contribution in [0.3, 0.4) is 0 Å². The standard InChI is InChI=1S/C12H14Cl3N3O4S2/c13-12(14,15)10(17-9(19)8-2-1-4-22-8)18-11(23)16-7-3-5-24(20,21)6-7/h1-2,4,7,10H,3,5-6H2,(H,17,19)(H2,16,18,23). The van der Waals surface area contributed by atoms with Crippen LogP contribution in [0.15, 0.2) is 22.8 Å². The normalized spacial score (nSPS) is 21.0. The van der Waals surface area contributed by atoms with Gasteiger partial charge in [-0.2, -0.15) is 0 Å². The average molecular weight is 435 g/mol. The lowest BCUT2D eigenvalue weighted by molar-refractivity contribution is 0.0906. The molecule has 0 radical (unpaired) electrons. The van der Waals surface area contributed by atoms with E-state index >= 15 is 0 Å². The van der Waals surface area contributed by atoms with Crippen LogP contribution < -0.4 is 16.0 Å². The Kier molecular flexibility index (Phi) is 6.24. The van der Waals surface area contributed by atoms with Gasteiger partial charge in [0.2, 0.25) is 3.79 Å². The Morgan fingerprint density at radius 2 is 2.08 bits per heavy atom. The fourth-order valence-electron chi connectivity index (χ4n) is 2.08. The van der Waals surface area contributed by atoms with Gasteiger partial charge in [0.1, 0.15) is 6.17 Å². The molecule has 1 saturated heterocycles. The highest BCUT2D eigenvalue weighted by molar-refractivity contribution is 7.91. The number of furan rings is 1. The summed E-state index contributed by atoms with van der Waals surface area (Å²) in [6, 6.07) is 2.66. The molecule has 2 unspecified atom stereocenters. The third-order valence-corrected chi connectivity index (χ3v) is 5.85. The van der Waals surface area contributed by atoms with Crippen molar-refractivity contribution in [2.75, 3.05) is 11.5 Å². The summed E-state index contributed by atoms with van der Waals surface area (Å²) in [4.78, 5) is 12.0. The van der Waals surface area contributed by atoms with Gasteiger partial charge in [0.25, 0.3) is 5.91 Å². The predicted octanol–water partition coefficient (Wildman–Crippen LogP) is 1.36. The van der Waals surface area contributed by atoms with E-state index in [4.69, 9.17) is 51.4 Å². The highest BCUT2D eigenvalue weighted by Gasteiger charge is 2.36. The molecule has 0 aliphatic carbocycles. The average Bonchev–Trinajstić information content (AvgIpc) is 3.06. The topological polar surface area (TPSA) is 100 Å². The van der Waals surface area contributed by atoms with Crippen molar-refractivity contribution in [2.45, 2.75) is 22.4 Å². The van der Waals surface area contributed by atoms with Gasteiger partial charge in [-0.05, 0) is 30.8 Å². The zero-order chi connectivity index (χ0) is 18.0. The van der Waals surface area contributed by atoms with Gasteiger partial charge in [-0.15, -0.1) is 0 Å². The molecule has 2 rings (SSSR count). The first-order valence-corrected chi connectivity index (χ1v) is 10.1. The molecule has 0 spiro atoms. The summed E-state index contributed by atoms with van der Waals surface area (Å²) in [5, 5.41) is 8.00. The summed E-state index contributed by atoms with van der Waals surface area (Å²) in [6.45, 7) is 0. The first kappa shape index (κ1) is 19.6. The number of hydrogen-bond acceptors (Lipinski definition) is 5. The van der Waals surface area contributed by atoms with Crippen LogP contribution in [0.5, 0.6) is 0 Å². The molecule has 1 fully saturated rings. The van der Waals surface area contributed by atoms with E-state index in [2.05, 4.69) is 16.0 Å². The summed E-state index contributed by atoms with van der Waals surface area (Å²) in [5.74, 6) is -0.491. The van der Waals surface area contributed by atoms with Gasteiger partial charge in [-0.3, -0.25) is 4.79 Å². The van der Waals surface area contributed by atoms with Gasteiger partial charge in [0, 0.05) is 6.04 Å². The maximum Gasteiger partial charge on any atom is 0.288 e. The molecule has 24 heavy (non-hydrogen) atoms. The van der Waals surface area contributed by atoms with E-state index in [1.807, 2.05) is 0 Å². The smallest absolute Gasteiger partial charge is 0.288 e. The molecule has 1 amide bonds. The van der Waals surface area contributed by atoms with E-state index < -0.39 is 25.7 Å². The SMILES string of the molecule is O=C(NC(NC(=S)NC1CCS(=O)(=O)C1)C(Cl)(Cl)Cl)c1ccco1. The molecule has 1 aromatic heterocycles. The molecule has 7 nitrogen and oxygen atoms in total. The van der Waals surface area contributed by atoms with E-state index in [1.165, 1.54) is 12.3 Å². The van der Waals surface area contributed by atoms with E-state index in [-0.39, 0.29) is 28.4 Å². The van der Waals surface area contributed by atoms with Crippen LogP contribution in [0, 0.1) is 0 Å². The lowest BCUT2D eigenvalue weighted by atomic mass is 10.3. The summed E-state index contributed by atoms with van der Waals surface area (Å²) < 4.78 is 25.9. The highest BCUT2D eigenvalue weighted by Crippen LogP contribution is 2.29. The molecule has 3 N–H and O–H groups in total. The Labute approximate surface area is 159 Å². The lowest BCUT2D eigenvalue weighted by Gasteiger charge is -2.28. The van der Waals surface area contributed by atoms with E-state index in [0.717, 1.165) is 0 Å². The number of carbonyl (C=O) groups excluding carboxylic acids is 1. The number of sulfone groups is 1. The first-order valence-electron chi connectivity index (χ1n) is 6.75. The number of rotatable bonds is 4. The van der Waals surface area contributed by atoms with Gasteiger partial charge in [0.05, 0.1) is 17.8 Å². The largest absolute Gasteiger partial charge is 0.459 e. The molecule has 1 aliphatic heterocycles. The Morgan fingerprint density at radius 1 is 1.38 bits per heavy atom. The minimum absolute atomic E-state index is 0.0218. The fraction of sp³-hybridized carbons (Fsp3) is 0.500. The minimum atomic E-state index is -3.06. The number of hydrogen-bond donors (Lipinski definition) is 3. The molecule has 134 valence electrons. The third kappa shape index (κ3) is 5.66. The number of halogens is 3. The monoisotopic (exact) mass is 433 g/mol. The summed E-state index contributed by atoms with van der Waals surface area (Å²) in [7, 11) is -3.06. The molecule has 2 heterocycles. The van der Waals surface area contributed by atoms with Gasteiger partial charge in [0.15, 0.2) is 20.7 Å². The second kappa shape index (κ2) is 7.65. The van der Waals surface area contributed by atoms with Crippen LogP contribution in [0.25, 0.3) is 0 Å². The van der Waals surface area contributed by atoms with Crippen molar-refractivity contribution in [1.29, 1.82) is 0 Å². The second-order valence-corrected chi connectivity index (χ2v) is 10.1. The molecular weight excluding hydrogens is 421 g/mol. The molecule has 2 atom stereocenters. The Bertz CT molecular complexity index is 704. The van der Waals surface area contributed by atoms with Crippen molar-refractivity contribution in [3.8, 4) is 0 Å². The molecule has 12 heteroatoms. The predicted molar refractivity (Wildman–Crippen MR) is 96.2 cm³/mol. The fourth-order valence-corrected chi connectivity index (χ4v) is 4.36. The van der Waals surface area contributed by atoms with Crippen molar-refractivity contribution < 1.29 is 17.6 Å². The van der Waals surface area contributed by atoms with Crippen molar-refractivity contribution in [3.63, 3.8) is 0 Å². The molecule has 1 aliphatic rings. The summed E-state index contributed by atoms with van der Waals surface area (Å²) in [5.41, 5.74) is 0. The quantitative estimate of drug-likeness (QED) is 0.374. The maximum atomic E-state index is 12.0. The van der Waals surface area contributed by atoms with Crippen molar-refractivity contribution >= 4 is 67.9 Å². The number of nitrogens with one attached hydrogen (secondary N) is 3. The summed E-state index contributed by atoms with van der Waals surface area (Å²) >= 11 is 22.6. The number of carbonyl (C=O) groups is 1. The second-order valence-electron chi connectivity index (χ2n) is 5.14. The van der Waals surface area contributed by atoms with Crippen LogP contribution in [-0.4, -0.2) is 46.9 Å². The van der Waals surface area contributed by atoms with Crippen molar-refractivity contribution in [3.05, 3.63) is 24.2 Å². The van der Waals surface area contributed by atoms with Gasteiger partial charge < -0.3 is 20.4 Å². The van der Waals surface area contributed by atoms with Crippen molar-refractivity contribution in [1.82, 2.24) is 16.0 Å². The van der Waals surface area contributed by atoms with Crippen LogP contribution in [0.1, 0.15) is 17.0 Å². The molecule has 0 bridgehead atoms. The Balaban J connectivity index is 1.96. The van der Waals surface area contributed by atoms with Gasteiger partial charge in [-0.1, -0.05) is 34.8 Å². The summed E-state index contributed by atoms with van der Waals surface area (Å²) in [6.07, 6.45) is 0.610. The van der Waals surface area contributed by atoms with E-state index in [1.54, 1.807) is 6.07 Å². The zero-order valence-corrected chi connectivity index (χ0v) is 16.0. The van der Waals surface area contributed by atoms with Gasteiger partial charge in [-0.25, -0.2) is 8.42 Å². The molecular formula is C12H14Cl3N3O4S2. The van der Waals surface area contributed by atoms with Crippen molar-refractivity contribution in [2.24, 2.45) is 0 Å². The van der Waals surface area contributed by atoms with Crippen LogP contribution >= 0.6 is 47.0 Å². The lowest BCUT2D eigenvalue weighted by Crippen LogP contribution is -2.58. The maximum absolute atomic E-state index is 12.0. The number of alkyl halides is 3. The Hall–Kier alpha value is -0.740. The zero-order valence-electron chi connectivity index (χ0n) is 12.1. The van der Waals surface area contributed by atoms with Crippen LogP contribution in [-0.2, 0) is 9.84 Å². The number of thiocarbonyl (C=S) groups is 1. The first-order chi connectivity index (χ1) is 11.1. The molecule has 0 saturated carbocycles. The van der Waals surface area contributed by atoms with Crippen LogP contribution in [0.2, 0.25) is 0 Å². The van der Waals surface area contributed by atoms with Gasteiger partial charge >= 0.3 is 0 Å². The highest BCUT2D eigenvalue weighted by atomic mass is 35.6. The van der Waals surface area contributed by atoms with Crippen LogP contribution in [0.4, 0.5) is 0 Å².